The molecule has 6 nitrogen and oxygen atoms in total. The van der Waals surface area contributed by atoms with Crippen molar-refractivity contribution < 1.29 is 13.9 Å². The second-order valence-corrected chi connectivity index (χ2v) is 9.88. The summed E-state index contributed by atoms with van der Waals surface area (Å²) in [6.45, 7) is 2.42. The van der Waals surface area contributed by atoms with Crippen LogP contribution < -0.4 is 10.1 Å². The largest absolute Gasteiger partial charge is 0.460 e. The smallest absolute Gasteiger partial charge is 0.279 e. The van der Waals surface area contributed by atoms with Crippen LogP contribution in [0.1, 0.15) is 38.4 Å². The Morgan fingerprint density at radius 1 is 1.19 bits per heavy atom. The number of carbonyl (C=O) groups excluding carboxylic acids is 1. The highest BCUT2D eigenvalue weighted by molar-refractivity contribution is 7.20. The fourth-order valence-electron chi connectivity index (χ4n) is 5.33. The molecule has 2 atom stereocenters. The number of rotatable bonds is 5. The van der Waals surface area contributed by atoms with Crippen molar-refractivity contribution in [3.8, 4) is 10.9 Å². The molecule has 0 saturated carbocycles. The molecule has 2 aromatic carbocycles. The average Bonchev–Trinajstić information content (AvgIpc) is 3.41. The van der Waals surface area contributed by atoms with Gasteiger partial charge in [0.1, 0.15) is 17.1 Å². The molecule has 2 fully saturated rings. The second kappa shape index (κ2) is 7.90. The lowest BCUT2D eigenvalue weighted by molar-refractivity contribution is -0.120. The number of furan rings is 1. The van der Waals surface area contributed by atoms with Crippen LogP contribution in [0.2, 0.25) is 0 Å². The molecule has 2 saturated heterocycles. The predicted molar refractivity (Wildman–Crippen MR) is 125 cm³/mol. The predicted octanol–water partition coefficient (Wildman–Crippen LogP) is 5.47. The van der Waals surface area contributed by atoms with E-state index in [2.05, 4.69) is 27.3 Å². The van der Waals surface area contributed by atoms with Crippen LogP contribution in [0.15, 0.2) is 52.9 Å². The first-order chi connectivity index (χ1) is 15.6. The molecule has 0 unspecified atom stereocenters. The molecule has 1 amide bonds. The Morgan fingerprint density at radius 3 is 2.78 bits per heavy atom. The van der Waals surface area contributed by atoms with Crippen molar-refractivity contribution in [3.63, 3.8) is 0 Å². The molecule has 164 valence electrons. The van der Waals surface area contributed by atoms with Crippen molar-refractivity contribution >= 4 is 38.4 Å². The fourth-order valence-corrected chi connectivity index (χ4v) is 6.17. The zero-order valence-electron chi connectivity index (χ0n) is 17.9. The Labute approximate surface area is 190 Å². The number of para-hydroxylation sites is 1. The van der Waals surface area contributed by atoms with Gasteiger partial charge in [0.15, 0.2) is 0 Å². The minimum Gasteiger partial charge on any atom is -0.460 e. The van der Waals surface area contributed by atoms with E-state index in [1.807, 2.05) is 36.4 Å². The van der Waals surface area contributed by atoms with Crippen molar-refractivity contribution in [1.82, 2.24) is 15.2 Å². The van der Waals surface area contributed by atoms with Crippen LogP contribution in [0.4, 0.5) is 0 Å². The molecular weight excluding hydrogens is 422 g/mol. The summed E-state index contributed by atoms with van der Waals surface area (Å²) in [5.74, 6) is 1.82. The van der Waals surface area contributed by atoms with Gasteiger partial charge in [-0.15, -0.1) is 0 Å². The number of thiazole rings is 1. The van der Waals surface area contributed by atoms with E-state index < -0.39 is 0 Å². The molecule has 2 aliphatic heterocycles. The van der Waals surface area contributed by atoms with Crippen molar-refractivity contribution in [1.29, 1.82) is 0 Å². The SMILES string of the molecule is CC(=O)NC1C[C@H]2CC[C@H](C1)N2Cc1cc2cc(Oc3nc4ccccc4s3)ccc2o1. The molecule has 4 aromatic rings. The highest BCUT2D eigenvalue weighted by Gasteiger charge is 2.41. The van der Waals surface area contributed by atoms with E-state index in [9.17, 15) is 4.79 Å². The molecule has 1 N–H and O–H groups in total. The Morgan fingerprint density at radius 2 is 2.00 bits per heavy atom. The number of hydrogen-bond acceptors (Lipinski definition) is 6. The number of nitrogens with zero attached hydrogens (tertiary/aromatic N) is 2. The Bertz CT molecular complexity index is 1250. The number of ether oxygens (including phenoxy) is 1. The van der Waals surface area contributed by atoms with Crippen molar-refractivity contribution in [3.05, 3.63) is 54.3 Å². The maximum Gasteiger partial charge on any atom is 0.279 e. The van der Waals surface area contributed by atoms with Crippen LogP contribution in [0.3, 0.4) is 0 Å². The number of hydrogen-bond donors (Lipinski definition) is 1. The molecular formula is C25H25N3O3S. The molecule has 4 heterocycles. The topological polar surface area (TPSA) is 67.6 Å². The van der Waals surface area contributed by atoms with Crippen LogP contribution in [0.25, 0.3) is 21.2 Å². The van der Waals surface area contributed by atoms with Crippen LogP contribution in [-0.4, -0.2) is 33.9 Å². The number of piperidine rings is 1. The third-order valence-corrected chi connectivity index (χ3v) is 7.56. The number of amides is 1. The molecule has 2 aliphatic rings. The van der Waals surface area contributed by atoms with E-state index in [-0.39, 0.29) is 5.91 Å². The first-order valence-corrected chi connectivity index (χ1v) is 12.0. The van der Waals surface area contributed by atoms with E-state index >= 15 is 0 Å². The minimum atomic E-state index is 0.0732. The Kier molecular flexibility index (Phi) is 4.88. The number of aromatic nitrogens is 1. The monoisotopic (exact) mass is 447 g/mol. The maximum absolute atomic E-state index is 11.5. The Balaban J connectivity index is 1.17. The molecule has 2 bridgehead atoms. The lowest BCUT2D eigenvalue weighted by Crippen LogP contribution is -2.49. The molecule has 7 heteroatoms. The minimum absolute atomic E-state index is 0.0732. The molecule has 0 aliphatic carbocycles. The van der Waals surface area contributed by atoms with E-state index in [4.69, 9.17) is 9.15 Å². The van der Waals surface area contributed by atoms with Gasteiger partial charge in [-0.05, 0) is 62.1 Å². The summed E-state index contributed by atoms with van der Waals surface area (Å²) in [7, 11) is 0. The van der Waals surface area contributed by atoms with E-state index in [0.29, 0.717) is 23.3 Å². The van der Waals surface area contributed by atoms with E-state index in [1.54, 1.807) is 18.3 Å². The summed E-state index contributed by atoms with van der Waals surface area (Å²) in [4.78, 5) is 18.6. The van der Waals surface area contributed by atoms with Crippen LogP contribution >= 0.6 is 11.3 Å². The standard InChI is InChI=1S/C25H25N3O3S/c1-15(29)26-17-12-18-6-7-19(13-17)28(18)14-21-11-16-10-20(8-9-23(16)30-21)31-25-27-22-4-2-3-5-24(22)32-25/h2-5,8-11,17-19H,6-7,12-14H2,1H3,(H,26,29)/t18-,19-/m1/s1. The third kappa shape index (κ3) is 3.76. The molecule has 2 aromatic heterocycles. The number of nitrogens with one attached hydrogen (secondary N) is 1. The summed E-state index contributed by atoms with van der Waals surface area (Å²) in [6, 6.07) is 17.4. The average molecular weight is 448 g/mol. The van der Waals surface area contributed by atoms with Gasteiger partial charge < -0.3 is 14.5 Å². The molecule has 6 rings (SSSR count). The van der Waals surface area contributed by atoms with Gasteiger partial charge in [-0.2, -0.15) is 0 Å². The van der Waals surface area contributed by atoms with Gasteiger partial charge in [0.25, 0.3) is 5.19 Å². The molecule has 0 spiro atoms. The molecule has 32 heavy (non-hydrogen) atoms. The van der Waals surface area contributed by atoms with Crippen molar-refractivity contribution in [2.45, 2.75) is 57.3 Å². The fraction of sp³-hybridized carbons (Fsp3) is 0.360. The summed E-state index contributed by atoms with van der Waals surface area (Å²) < 4.78 is 13.3. The van der Waals surface area contributed by atoms with Gasteiger partial charge in [0.2, 0.25) is 5.91 Å². The zero-order chi connectivity index (χ0) is 21.7. The number of fused-ring (bicyclic) bond motifs is 4. The normalized spacial score (nSPS) is 23.1. The highest BCUT2D eigenvalue weighted by Crippen LogP contribution is 2.38. The quantitative estimate of drug-likeness (QED) is 0.440. The van der Waals surface area contributed by atoms with Gasteiger partial charge in [-0.1, -0.05) is 23.5 Å². The van der Waals surface area contributed by atoms with Gasteiger partial charge in [-0.25, -0.2) is 4.98 Å². The van der Waals surface area contributed by atoms with Crippen molar-refractivity contribution in [2.24, 2.45) is 0 Å². The number of benzene rings is 2. The summed E-state index contributed by atoms with van der Waals surface area (Å²) >= 11 is 1.55. The zero-order valence-corrected chi connectivity index (χ0v) is 18.7. The van der Waals surface area contributed by atoms with E-state index in [0.717, 1.165) is 52.1 Å². The summed E-state index contributed by atoms with van der Waals surface area (Å²) in [5, 5.41) is 4.80. The van der Waals surface area contributed by atoms with Crippen LogP contribution in [0.5, 0.6) is 10.9 Å². The van der Waals surface area contributed by atoms with Crippen LogP contribution in [0, 0.1) is 0 Å². The van der Waals surface area contributed by atoms with E-state index in [1.165, 1.54) is 12.8 Å². The van der Waals surface area contributed by atoms with Crippen LogP contribution in [-0.2, 0) is 11.3 Å². The first-order valence-electron chi connectivity index (χ1n) is 11.2. The van der Waals surface area contributed by atoms with Gasteiger partial charge in [0, 0.05) is 30.4 Å². The summed E-state index contributed by atoms with van der Waals surface area (Å²) in [5.41, 5.74) is 1.83. The lowest BCUT2D eigenvalue weighted by atomic mass is 9.97. The maximum atomic E-state index is 11.5. The van der Waals surface area contributed by atoms with Crippen molar-refractivity contribution in [2.75, 3.05) is 0 Å². The lowest BCUT2D eigenvalue weighted by Gasteiger charge is -2.38. The van der Waals surface area contributed by atoms with Gasteiger partial charge in [-0.3, -0.25) is 9.69 Å². The summed E-state index contributed by atoms with van der Waals surface area (Å²) in [6.07, 6.45) is 4.44. The van der Waals surface area contributed by atoms with Gasteiger partial charge >= 0.3 is 0 Å². The Hall–Kier alpha value is -2.90. The number of carbonyl (C=O) groups is 1. The third-order valence-electron chi connectivity index (χ3n) is 6.65. The second-order valence-electron chi connectivity index (χ2n) is 8.89. The van der Waals surface area contributed by atoms with Gasteiger partial charge in [0.05, 0.1) is 16.8 Å². The highest BCUT2D eigenvalue weighted by atomic mass is 32.1. The first kappa shape index (κ1) is 19.8. The molecule has 0 radical (unpaired) electrons.